The van der Waals surface area contributed by atoms with Crippen molar-refractivity contribution in [3.8, 4) is 5.75 Å². The molecule has 2 amide bonds. The molecule has 1 aromatic rings. The zero-order valence-electron chi connectivity index (χ0n) is 11.0. The molecule has 0 aliphatic rings. The van der Waals surface area contributed by atoms with Gasteiger partial charge < -0.3 is 20.5 Å². The maximum atomic E-state index is 12.0. The number of rotatable bonds is 7. The summed E-state index contributed by atoms with van der Waals surface area (Å²) >= 11 is 0. The van der Waals surface area contributed by atoms with E-state index in [1.165, 1.54) is 7.11 Å². The molecule has 108 valence electrons. The van der Waals surface area contributed by atoms with Crippen LogP contribution in [-0.4, -0.2) is 48.0 Å². The first-order valence-corrected chi connectivity index (χ1v) is 5.83. The van der Waals surface area contributed by atoms with Crippen LogP contribution in [0.2, 0.25) is 0 Å². The van der Waals surface area contributed by atoms with Crippen LogP contribution in [0.25, 0.3) is 0 Å². The summed E-state index contributed by atoms with van der Waals surface area (Å²) in [6.45, 7) is -0.973. The SMILES string of the molecule is COc1ccc(CC(=O)N(CC(N)=O)CC(=O)O)cc1. The van der Waals surface area contributed by atoms with Gasteiger partial charge in [-0.05, 0) is 17.7 Å². The van der Waals surface area contributed by atoms with Gasteiger partial charge in [-0.1, -0.05) is 12.1 Å². The molecule has 0 aliphatic heterocycles. The number of amides is 2. The third-order valence-corrected chi connectivity index (χ3v) is 2.54. The molecule has 7 heteroatoms. The summed E-state index contributed by atoms with van der Waals surface area (Å²) in [6.07, 6.45) is -0.00937. The largest absolute Gasteiger partial charge is 0.497 e. The van der Waals surface area contributed by atoms with E-state index in [2.05, 4.69) is 0 Å². The number of hydrogen-bond donors (Lipinski definition) is 2. The number of carboxylic acids is 1. The highest BCUT2D eigenvalue weighted by Gasteiger charge is 2.18. The molecule has 0 spiro atoms. The van der Waals surface area contributed by atoms with Crippen molar-refractivity contribution in [3.63, 3.8) is 0 Å². The summed E-state index contributed by atoms with van der Waals surface area (Å²) in [4.78, 5) is 34.4. The third kappa shape index (κ3) is 4.97. The molecule has 0 saturated carbocycles. The summed E-state index contributed by atoms with van der Waals surface area (Å²) in [7, 11) is 1.53. The lowest BCUT2D eigenvalue weighted by Crippen LogP contribution is -2.42. The molecule has 0 atom stereocenters. The summed E-state index contributed by atoms with van der Waals surface area (Å²) in [5.74, 6) is -1.78. The fourth-order valence-electron chi connectivity index (χ4n) is 1.61. The van der Waals surface area contributed by atoms with E-state index in [-0.39, 0.29) is 6.42 Å². The second-order valence-corrected chi connectivity index (χ2v) is 4.13. The van der Waals surface area contributed by atoms with E-state index in [1.807, 2.05) is 0 Å². The molecule has 0 heterocycles. The number of nitrogens with zero attached hydrogens (tertiary/aromatic N) is 1. The lowest BCUT2D eigenvalue weighted by molar-refractivity contribution is -0.145. The Morgan fingerprint density at radius 3 is 2.25 bits per heavy atom. The van der Waals surface area contributed by atoms with Crippen LogP contribution in [0.3, 0.4) is 0 Å². The van der Waals surface area contributed by atoms with Crippen molar-refractivity contribution in [1.82, 2.24) is 4.90 Å². The highest BCUT2D eigenvalue weighted by atomic mass is 16.5. The van der Waals surface area contributed by atoms with Gasteiger partial charge in [-0.25, -0.2) is 0 Å². The first-order chi connectivity index (χ1) is 9.42. The van der Waals surface area contributed by atoms with Crippen LogP contribution in [0.4, 0.5) is 0 Å². The Morgan fingerprint density at radius 1 is 1.20 bits per heavy atom. The van der Waals surface area contributed by atoms with Gasteiger partial charge in [0.1, 0.15) is 12.3 Å². The molecule has 3 N–H and O–H groups in total. The number of carboxylic acid groups (broad SMARTS) is 1. The van der Waals surface area contributed by atoms with Crippen LogP contribution in [-0.2, 0) is 20.8 Å². The third-order valence-electron chi connectivity index (χ3n) is 2.54. The van der Waals surface area contributed by atoms with Crippen LogP contribution >= 0.6 is 0 Å². The minimum Gasteiger partial charge on any atom is -0.497 e. The highest BCUT2D eigenvalue weighted by Crippen LogP contribution is 2.12. The number of nitrogens with two attached hydrogens (primary N) is 1. The van der Waals surface area contributed by atoms with E-state index in [0.717, 1.165) is 4.90 Å². The van der Waals surface area contributed by atoms with Crippen molar-refractivity contribution in [2.75, 3.05) is 20.2 Å². The van der Waals surface area contributed by atoms with Gasteiger partial charge in [-0.3, -0.25) is 14.4 Å². The van der Waals surface area contributed by atoms with E-state index in [0.29, 0.717) is 11.3 Å². The Bertz CT molecular complexity index is 482. The Labute approximate surface area is 115 Å². The Balaban J connectivity index is 2.73. The maximum absolute atomic E-state index is 12.0. The number of aliphatic carboxylic acids is 1. The number of hydrogen-bond acceptors (Lipinski definition) is 4. The van der Waals surface area contributed by atoms with Crippen LogP contribution in [0.5, 0.6) is 5.75 Å². The molecule has 7 nitrogen and oxygen atoms in total. The lowest BCUT2D eigenvalue weighted by atomic mass is 10.1. The minimum atomic E-state index is -1.20. The molecule has 0 bridgehead atoms. The van der Waals surface area contributed by atoms with Gasteiger partial charge in [0.15, 0.2) is 0 Å². The molecule has 0 saturated heterocycles. The fourth-order valence-corrected chi connectivity index (χ4v) is 1.61. The second kappa shape index (κ2) is 7.13. The monoisotopic (exact) mass is 280 g/mol. The number of carbonyl (C=O) groups is 3. The molecule has 0 aliphatic carbocycles. The van der Waals surface area contributed by atoms with Crippen molar-refractivity contribution in [1.29, 1.82) is 0 Å². The van der Waals surface area contributed by atoms with Crippen molar-refractivity contribution < 1.29 is 24.2 Å². The van der Waals surface area contributed by atoms with Gasteiger partial charge in [-0.15, -0.1) is 0 Å². The number of carbonyl (C=O) groups excluding carboxylic acids is 2. The highest BCUT2D eigenvalue weighted by molar-refractivity contribution is 5.87. The molecular formula is C13H16N2O5. The summed E-state index contributed by atoms with van der Waals surface area (Å²) < 4.78 is 4.99. The van der Waals surface area contributed by atoms with Gasteiger partial charge >= 0.3 is 5.97 Å². The average Bonchev–Trinajstić information content (AvgIpc) is 2.37. The normalized spacial score (nSPS) is 9.85. The predicted molar refractivity (Wildman–Crippen MR) is 70.1 cm³/mol. The van der Waals surface area contributed by atoms with Crippen molar-refractivity contribution in [2.45, 2.75) is 6.42 Å². The molecule has 0 unspecified atom stereocenters. The quantitative estimate of drug-likeness (QED) is 0.708. The van der Waals surface area contributed by atoms with E-state index in [1.54, 1.807) is 24.3 Å². The van der Waals surface area contributed by atoms with Crippen LogP contribution < -0.4 is 10.5 Å². The van der Waals surface area contributed by atoms with Gasteiger partial charge in [0, 0.05) is 0 Å². The number of ether oxygens (including phenoxy) is 1. The number of primary amides is 1. The van der Waals surface area contributed by atoms with Gasteiger partial charge in [-0.2, -0.15) is 0 Å². The second-order valence-electron chi connectivity index (χ2n) is 4.13. The van der Waals surface area contributed by atoms with Crippen LogP contribution in [0.15, 0.2) is 24.3 Å². The molecule has 20 heavy (non-hydrogen) atoms. The average molecular weight is 280 g/mol. The fraction of sp³-hybridized carbons (Fsp3) is 0.308. The molecular weight excluding hydrogens is 264 g/mol. The number of benzene rings is 1. The maximum Gasteiger partial charge on any atom is 0.323 e. The van der Waals surface area contributed by atoms with Crippen LogP contribution in [0, 0.1) is 0 Å². The first-order valence-electron chi connectivity index (χ1n) is 5.83. The zero-order valence-corrected chi connectivity index (χ0v) is 11.0. The molecule has 1 aromatic carbocycles. The van der Waals surface area contributed by atoms with Gasteiger partial charge in [0.05, 0.1) is 20.1 Å². The topological polar surface area (TPSA) is 110 Å². The van der Waals surface area contributed by atoms with Crippen LogP contribution in [0.1, 0.15) is 5.56 Å². The van der Waals surface area contributed by atoms with Gasteiger partial charge in [0.25, 0.3) is 0 Å². The minimum absolute atomic E-state index is 0.00937. The Hall–Kier alpha value is -2.57. The summed E-state index contributed by atoms with van der Waals surface area (Å²) in [5.41, 5.74) is 5.69. The number of methoxy groups -OCH3 is 1. The summed E-state index contributed by atoms with van der Waals surface area (Å²) in [5, 5.41) is 8.72. The molecule has 0 fully saturated rings. The Kier molecular flexibility index (Phi) is 5.52. The van der Waals surface area contributed by atoms with E-state index < -0.39 is 30.9 Å². The molecule has 1 rings (SSSR count). The lowest BCUT2D eigenvalue weighted by Gasteiger charge is -2.19. The predicted octanol–water partition coefficient (Wildman–Crippen LogP) is -0.364. The van der Waals surface area contributed by atoms with E-state index in [9.17, 15) is 14.4 Å². The smallest absolute Gasteiger partial charge is 0.323 e. The summed E-state index contributed by atoms with van der Waals surface area (Å²) in [6, 6.07) is 6.77. The first kappa shape index (κ1) is 15.5. The van der Waals surface area contributed by atoms with Crippen molar-refractivity contribution in [3.05, 3.63) is 29.8 Å². The van der Waals surface area contributed by atoms with Crippen molar-refractivity contribution >= 4 is 17.8 Å². The standard InChI is InChI=1S/C13H16N2O5/c1-20-10-4-2-9(3-5-10)6-12(17)15(7-11(14)16)8-13(18)19/h2-5H,6-8H2,1H3,(H2,14,16)(H,18,19). The molecule has 0 aromatic heterocycles. The van der Waals surface area contributed by atoms with Gasteiger partial charge in [0.2, 0.25) is 11.8 Å². The Morgan fingerprint density at radius 2 is 1.80 bits per heavy atom. The van der Waals surface area contributed by atoms with E-state index in [4.69, 9.17) is 15.6 Å². The van der Waals surface area contributed by atoms with E-state index >= 15 is 0 Å². The zero-order chi connectivity index (χ0) is 15.1. The van der Waals surface area contributed by atoms with Crippen molar-refractivity contribution in [2.24, 2.45) is 5.73 Å². The molecule has 0 radical (unpaired) electrons.